The van der Waals surface area contributed by atoms with Crippen molar-refractivity contribution in [2.24, 2.45) is 0 Å². The van der Waals surface area contributed by atoms with E-state index in [1.54, 1.807) is 0 Å². The van der Waals surface area contributed by atoms with Gasteiger partial charge in [-0.2, -0.15) is 0 Å². The van der Waals surface area contributed by atoms with E-state index >= 15 is 0 Å². The highest BCUT2D eigenvalue weighted by Crippen LogP contribution is 2.20. The summed E-state index contributed by atoms with van der Waals surface area (Å²) in [4.78, 5) is 12.7. The SMILES string of the molecule is CCCCCCCCCCCCCC/C=C\CCCCCCCCCCCCCCCCC(O)C(=O)NC(CO)C(O)C(O)CCCCCCCCCCCCCCCCCCCCCCCCCCCCCCCCC. The van der Waals surface area contributed by atoms with Gasteiger partial charge >= 0.3 is 0 Å². The zero-order valence-electron chi connectivity index (χ0n) is 52.5. The highest BCUT2D eigenvalue weighted by molar-refractivity contribution is 5.80. The molecular formula is C71H141NO5. The van der Waals surface area contributed by atoms with Gasteiger partial charge in [0.05, 0.1) is 18.8 Å². The van der Waals surface area contributed by atoms with E-state index in [2.05, 4.69) is 31.3 Å². The van der Waals surface area contributed by atoms with Crippen LogP contribution < -0.4 is 5.32 Å². The third-order valence-corrected chi connectivity index (χ3v) is 17.2. The maximum absolute atomic E-state index is 12.7. The quantitative estimate of drug-likeness (QED) is 0.0308. The molecule has 0 heterocycles. The Bertz CT molecular complexity index is 1130. The van der Waals surface area contributed by atoms with Crippen molar-refractivity contribution in [2.45, 2.75) is 430 Å². The van der Waals surface area contributed by atoms with Gasteiger partial charge in [0.25, 0.3) is 0 Å². The van der Waals surface area contributed by atoms with Crippen LogP contribution in [0.4, 0.5) is 0 Å². The van der Waals surface area contributed by atoms with Gasteiger partial charge in [-0.1, -0.05) is 379 Å². The zero-order chi connectivity index (χ0) is 55.8. The predicted molar refractivity (Wildman–Crippen MR) is 339 cm³/mol. The summed E-state index contributed by atoms with van der Waals surface area (Å²) in [7, 11) is 0. The molecule has 0 aliphatic heterocycles. The largest absolute Gasteiger partial charge is 0.394 e. The van der Waals surface area contributed by atoms with Gasteiger partial charge in [-0.05, 0) is 38.5 Å². The average molecular weight is 1090 g/mol. The summed E-state index contributed by atoms with van der Waals surface area (Å²) in [6, 6.07) is -0.985. The third kappa shape index (κ3) is 59.5. The number of hydrogen-bond donors (Lipinski definition) is 5. The lowest BCUT2D eigenvalue weighted by molar-refractivity contribution is -0.132. The summed E-state index contributed by atoms with van der Waals surface area (Å²) in [6.45, 7) is 4.12. The van der Waals surface area contributed by atoms with Crippen LogP contribution in [0.3, 0.4) is 0 Å². The maximum Gasteiger partial charge on any atom is 0.249 e. The van der Waals surface area contributed by atoms with Crippen molar-refractivity contribution in [1.82, 2.24) is 5.32 Å². The molecule has 0 aromatic rings. The second-order valence-corrected chi connectivity index (χ2v) is 24.9. The number of allylic oxidation sites excluding steroid dienone is 2. The Morgan fingerprint density at radius 3 is 0.753 bits per heavy atom. The first-order valence-corrected chi connectivity index (χ1v) is 35.6. The lowest BCUT2D eigenvalue weighted by atomic mass is 9.99. The van der Waals surface area contributed by atoms with Crippen LogP contribution in [0.2, 0.25) is 0 Å². The normalized spacial score (nSPS) is 13.5. The van der Waals surface area contributed by atoms with E-state index in [4.69, 9.17) is 0 Å². The highest BCUT2D eigenvalue weighted by atomic mass is 16.3. The molecule has 4 unspecified atom stereocenters. The number of hydrogen-bond acceptors (Lipinski definition) is 5. The van der Waals surface area contributed by atoms with Crippen LogP contribution in [0.5, 0.6) is 0 Å². The van der Waals surface area contributed by atoms with E-state index in [1.807, 2.05) is 0 Å². The summed E-state index contributed by atoms with van der Waals surface area (Å²) in [5.41, 5.74) is 0. The first kappa shape index (κ1) is 76.0. The summed E-state index contributed by atoms with van der Waals surface area (Å²) >= 11 is 0. The smallest absolute Gasteiger partial charge is 0.249 e. The molecule has 0 aromatic heterocycles. The fourth-order valence-electron chi connectivity index (χ4n) is 11.7. The van der Waals surface area contributed by atoms with E-state index < -0.39 is 36.9 Å². The van der Waals surface area contributed by atoms with Crippen molar-refractivity contribution < 1.29 is 25.2 Å². The van der Waals surface area contributed by atoms with E-state index in [-0.39, 0.29) is 0 Å². The topological polar surface area (TPSA) is 110 Å². The Labute approximate surface area is 482 Å². The van der Waals surface area contributed by atoms with Crippen LogP contribution in [0, 0.1) is 0 Å². The molecule has 0 aliphatic carbocycles. The molecule has 6 nitrogen and oxygen atoms in total. The molecule has 0 aromatic carbocycles. The van der Waals surface area contributed by atoms with Gasteiger partial charge in [0.1, 0.15) is 12.2 Å². The second kappa shape index (κ2) is 65.9. The highest BCUT2D eigenvalue weighted by Gasteiger charge is 2.28. The average Bonchev–Trinajstić information content (AvgIpc) is 3.43. The number of unbranched alkanes of at least 4 members (excludes halogenated alkanes) is 56. The van der Waals surface area contributed by atoms with Gasteiger partial charge in [-0.25, -0.2) is 0 Å². The van der Waals surface area contributed by atoms with Crippen molar-refractivity contribution in [1.29, 1.82) is 0 Å². The molecule has 460 valence electrons. The van der Waals surface area contributed by atoms with Gasteiger partial charge in [-0.15, -0.1) is 0 Å². The molecule has 4 atom stereocenters. The number of carbonyl (C=O) groups excluding carboxylic acids is 1. The molecule has 0 bridgehead atoms. The second-order valence-electron chi connectivity index (χ2n) is 24.9. The fourth-order valence-corrected chi connectivity index (χ4v) is 11.7. The summed E-state index contributed by atoms with van der Waals surface area (Å²) in [6.07, 6.45) is 82.0. The minimum Gasteiger partial charge on any atom is -0.394 e. The van der Waals surface area contributed by atoms with Crippen LogP contribution in [0.15, 0.2) is 12.2 Å². The maximum atomic E-state index is 12.7. The Morgan fingerprint density at radius 2 is 0.519 bits per heavy atom. The third-order valence-electron chi connectivity index (χ3n) is 17.2. The van der Waals surface area contributed by atoms with Gasteiger partial charge in [0.2, 0.25) is 5.91 Å². The van der Waals surface area contributed by atoms with Crippen LogP contribution >= 0.6 is 0 Å². The van der Waals surface area contributed by atoms with Crippen LogP contribution in [0.25, 0.3) is 0 Å². The van der Waals surface area contributed by atoms with Crippen LogP contribution in [-0.4, -0.2) is 57.3 Å². The first-order chi connectivity index (χ1) is 38.0. The van der Waals surface area contributed by atoms with Gasteiger partial charge in [0, 0.05) is 0 Å². The van der Waals surface area contributed by atoms with Crippen LogP contribution in [-0.2, 0) is 4.79 Å². The number of carbonyl (C=O) groups is 1. The molecule has 0 saturated heterocycles. The van der Waals surface area contributed by atoms with Crippen molar-refractivity contribution in [3.63, 3.8) is 0 Å². The summed E-state index contributed by atoms with van der Waals surface area (Å²) < 4.78 is 0. The molecule has 0 aliphatic rings. The lowest BCUT2D eigenvalue weighted by Crippen LogP contribution is -2.53. The number of rotatable bonds is 67. The molecule has 0 saturated carbocycles. The molecule has 77 heavy (non-hydrogen) atoms. The molecule has 0 radical (unpaired) electrons. The number of nitrogens with one attached hydrogen (secondary N) is 1. The zero-order valence-corrected chi connectivity index (χ0v) is 52.5. The Hall–Kier alpha value is -0.950. The van der Waals surface area contributed by atoms with Crippen molar-refractivity contribution in [3.8, 4) is 0 Å². The number of amides is 1. The summed E-state index contributed by atoms with van der Waals surface area (Å²) in [5.74, 6) is -0.575. The minimum absolute atomic E-state index is 0.374. The summed E-state index contributed by atoms with van der Waals surface area (Å²) in [5, 5.41) is 44.3. The van der Waals surface area contributed by atoms with Crippen LogP contribution in [0.1, 0.15) is 406 Å². The monoisotopic (exact) mass is 1090 g/mol. The lowest BCUT2D eigenvalue weighted by Gasteiger charge is -2.27. The van der Waals surface area contributed by atoms with E-state index in [0.717, 1.165) is 38.5 Å². The molecule has 1 amide bonds. The molecule has 5 N–H and O–H groups in total. The van der Waals surface area contributed by atoms with Crippen molar-refractivity contribution in [3.05, 3.63) is 12.2 Å². The number of aliphatic hydroxyl groups is 4. The molecule has 0 rings (SSSR count). The Balaban J connectivity index is 3.52. The van der Waals surface area contributed by atoms with Gasteiger partial charge < -0.3 is 25.7 Å². The standard InChI is InChI=1S/C71H141NO5/c1-3-5-7-9-11-13-15-17-19-21-23-25-27-29-31-33-35-37-38-40-42-44-46-48-50-52-54-56-58-60-62-64-68(74)70(76)67(66-73)72-71(77)69(75)65-63-61-59-57-55-53-51-49-47-45-43-41-39-36-34-32-30-28-26-24-22-20-18-16-14-12-10-8-6-4-2/h30,32,67-70,73-76H,3-29,31,33-66H2,1-2H3,(H,72,77)/b32-30-. The predicted octanol–water partition coefficient (Wildman–Crippen LogP) is 21.9. The first-order valence-electron chi connectivity index (χ1n) is 35.6. The van der Waals surface area contributed by atoms with Gasteiger partial charge in [-0.3, -0.25) is 4.79 Å². The molecular weight excluding hydrogens is 947 g/mol. The molecule has 0 fully saturated rings. The Kier molecular flexibility index (Phi) is 65.0. The van der Waals surface area contributed by atoms with Gasteiger partial charge in [0.15, 0.2) is 0 Å². The van der Waals surface area contributed by atoms with Crippen molar-refractivity contribution in [2.75, 3.05) is 6.61 Å². The minimum atomic E-state index is -1.26. The van der Waals surface area contributed by atoms with E-state index in [0.29, 0.717) is 12.8 Å². The van der Waals surface area contributed by atoms with E-state index in [9.17, 15) is 25.2 Å². The molecule has 6 heteroatoms. The molecule has 0 spiro atoms. The van der Waals surface area contributed by atoms with Crippen molar-refractivity contribution >= 4 is 5.91 Å². The fraction of sp³-hybridized carbons (Fsp3) is 0.958. The van der Waals surface area contributed by atoms with E-state index in [1.165, 1.54) is 340 Å². The number of aliphatic hydroxyl groups excluding tert-OH is 4. The Morgan fingerprint density at radius 1 is 0.312 bits per heavy atom.